The third-order valence-corrected chi connectivity index (χ3v) is 3.86. The Labute approximate surface area is 126 Å². The summed E-state index contributed by atoms with van der Waals surface area (Å²) in [6, 6.07) is 1.97. The lowest BCUT2D eigenvalue weighted by atomic mass is 10.1. The number of amides is 1. The number of hydrogen-bond donors (Lipinski definition) is 1. The minimum Gasteiger partial charge on any atom is -0.360 e. The second kappa shape index (κ2) is 7.56. The van der Waals surface area contributed by atoms with Crippen molar-refractivity contribution in [2.45, 2.75) is 27.3 Å². The average molecular weight is 294 g/mol. The van der Waals surface area contributed by atoms with Crippen molar-refractivity contribution < 1.29 is 9.32 Å². The number of nitrogens with zero attached hydrogens (tertiary/aromatic N) is 3. The second-order valence-electron chi connectivity index (χ2n) is 5.74. The molecule has 0 spiro atoms. The van der Waals surface area contributed by atoms with Crippen molar-refractivity contribution in [2.24, 2.45) is 5.92 Å². The summed E-state index contributed by atoms with van der Waals surface area (Å²) < 4.78 is 5.24. The summed E-state index contributed by atoms with van der Waals surface area (Å²) in [5, 5.41) is 7.14. The Morgan fingerprint density at radius 3 is 2.71 bits per heavy atom. The van der Waals surface area contributed by atoms with Crippen LogP contribution in [-0.2, 0) is 11.3 Å². The van der Waals surface area contributed by atoms with Gasteiger partial charge in [-0.25, -0.2) is 0 Å². The van der Waals surface area contributed by atoms with E-state index in [4.69, 9.17) is 4.52 Å². The number of piperazine rings is 1. The van der Waals surface area contributed by atoms with Gasteiger partial charge in [0.2, 0.25) is 5.91 Å². The monoisotopic (exact) mass is 294 g/mol. The van der Waals surface area contributed by atoms with Gasteiger partial charge in [-0.15, -0.1) is 0 Å². The highest BCUT2D eigenvalue weighted by atomic mass is 16.5. The van der Waals surface area contributed by atoms with Gasteiger partial charge in [0.25, 0.3) is 0 Å². The van der Waals surface area contributed by atoms with E-state index in [1.165, 1.54) is 0 Å². The maximum Gasteiger partial charge on any atom is 0.226 e. The van der Waals surface area contributed by atoms with Crippen LogP contribution in [0.15, 0.2) is 10.6 Å². The van der Waals surface area contributed by atoms with Gasteiger partial charge >= 0.3 is 0 Å². The van der Waals surface area contributed by atoms with E-state index in [2.05, 4.69) is 22.3 Å². The number of nitrogens with one attached hydrogen (secondary N) is 1. The van der Waals surface area contributed by atoms with E-state index >= 15 is 0 Å². The predicted molar refractivity (Wildman–Crippen MR) is 80.8 cm³/mol. The first-order chi connectivity index (χ1) is 10.1. The summed E-state index contributed by atoms with van der Waals surface area (Å²) in [5.41, 5.74) is 0.913. The highest BCUT2D eigenvalue weighted by Gasteiger charge is 2.25. The fourth-order valence-corrected chi connectivity index (χ4v) is 2.60. The van der Waals surface area contributed by atoms with Gasteiger partial charge < -0.3 is 14.7 Å². The van der Waals surface area contributed by atoms with Crippen molar-refractivity contribution in [2.75, 3.05) is 39.3 Å². The van der Waals surface area contributed by atoms with Gasteiger partial charge in [-0.2, -0.15) is 0 Å². The molecule has 1 fully saturated rings. The van der Waals surface area contributed by atoms with Crippen LogP contribution in [0.25, 0.3) is 0 Å². The molecule has 1 aromatic rings. The molecule has 1 atom stereocenters. The van der Waals surface area contributed by atoms with Crippen molar-refractivity contribution >= 4 is 5.91 Å². The number of aromatic nitrogens is 1. The van der Waals surface area contributed by atoms with Gasteiger partial charge in [0.1, 0.15) is 0 Å². The summed E-state index contributed by atoms with van der Waals surface area (Å²) in [5.74, 6) is 1.20. The number of hydrogen-bond acceptors (Lipinski definition) is 5. The van der Waals surface area contributed by atoms with Crippen molar-refractivity contribution in [3.05, 3.63) is 17.5 Å². The first-order valence-corrected chi connectivity index (χ1v) is 7.74. The number of carbonyl (C=O) groups excluding carboxylic acids is 1. The molecule has 1 saturated heterocycles. The van der Waals surface area contributed by atoms with Gasteiger partial charge in [-0.3, -0.25) is 9.69 Å². The molecule has 0 saturated carbocycles. The molecule has 6 nitrogen and oxygen atoms in total. The van der Waals surface area contributed by atoms with Gasteiger partial charge in [-0.1, -0.05) is 19.0 Å². The van der Waals surface area contributed by atoms with E-state index in [9.17, 15) is 4.79 Å². The minimum atomic E-state index is 0.0495. The largest absolute Gasteiger partial charge is 0.360 e. The number of carbonyl (C=O) groups is 1. The SMILES string of the molecule is CCNCC(C)C(=O)N1CCN(Cc2cc(C)no2)CC1. The maximum atomic E-state index is 12.3. The van der Waals surface area contributed by atoms with E-state index in [0.717, 1.165) is 57.3 Å². The van der Waals surface area contributed by atoms with Crippen LogP contribution in [0.2, 0.25) is 0 Å². The maximum absolute atomic E-state index is 12.3. The van der Waals surface area contributed by atoms with Crippen molar-refractivity contribution in [1.29, 1.82) is 0 Å². The quantitative estimate of drug-likeness (QED) is 0.843. The molecule has 0 bridgehead atoms. The molecule has 0 radical (unpaired) electrons. The molecule has 0 aliphatic carbocycles. The second-order valence-corrected chi connectivity index (χ2v) is 5.74. The van der Waals surface area contributed by atoms with Crippen molar-refractivity contribution in [3.8, 4) is 0 Å². The Morgan fingerprint density at radius 1 is 1.43 bits per heavy atom. The minimum absolute atomic E-state index is 0.0495. The van der Waals surface area contributed by atoms with Gasteiger partial charge in [0.05, 0.1) is 12.2 Å². The van der Waals surface area contributed by atoms with E-state index in [1.54, 1.807) is 0 Å². The van der Waals surface area contributed by atoms with Crippen LogP contribution in [0.1, 0.15) is 25.3 Å². The zero-order valence-corrected chi connectivity index (χ0v) is 13.3. The van der Waals surface area contributed by atoms with Crippen LogP contribution in [0.3, 0.4) is 0 Å². The lowest BCUT2D eigenvalue weighted by Gasteiger charge is -2.35. The van der Waals surface area contributed by atoms with E-state index in [0.29, 0.717) is 0 Å². The molecule has 21 heavy (non-hydrogen) atoms. The Morgan fingerprint density at radius 2 is 2.14 bits per heavy atom. The lowest BCUT2D eigenvalue weighted by Crippen LogP contribution is -2.50. The van der Waals surface area contributed by atoms with Gasteiger partial charge in [-0.05, 0) is 13.5 Å². The molecule has 2 rings (SSSR count). The zero-order valence-electron chi connectivity index (χ0n) is 13.3. The Kier molecular flexibility index (Phi) is 5.76. The van der Waals surface area contributed by atoms with Crippen molar-refractivity contribution in [1.82, 2.24) is 20.3 Å². The molecular weight excluding hydrogens is 268 g/mol. The zero-order chi connectivity index (χ0) is 15.2. The first-order valence-electron chi connectivity index (χ1n) is 7.74. The third-order valence-electron chi connectivity index (χ3n) is 3.86. The Bertz CT molecular complexity index is 452. The fourth-order valence-electron chi connectivity index (χ4n) is 2.60. The topological polar surface area (TPSA) is 61.6 Å². The van der Waals surface area contributed by atoms with Crippen LogP contribution in [-0.4, -0.2) is 60.1 Å². The summed E-state index contributed by atoms with van der Waals surface area (Å²) in [6.07, 6.45) is 0. The normalized spacial score (nSPS) is 18.0. The van der Waals surface area contributed by atoms with E-state index in [-0.39, 0.29) is 11.8 Å². The lowest BCUT2D eigenvalue weighted by molar-refractivity contribution is -0.136. The van der Waals surface area contributed by atoms with Gasteiger partial charge in [0, 0.05) is 44.7 Å². The molecule has 0 aromatic carbocycles. The highest BCUT2D eigenvalue weighted by Crippen LogP contribution is 2.11. The number of aryl methyl sites for hydroxylation is 1. The molecule has 1 aliphatic heterocycles. The van der Waals surface area contributed by atoms with Gasteiger partial charge in [0.15, 0.2) is 5.76 Å². The van der Waals surface area contributed by atoms with Crippen LogP contribution >= 0.6 is 0 Å². The molecule has 1 aliphatic rings. The molecule has 2 heterocycles. The molecule has 1 aromatic heterocycles. The molecule has 6 heteroatoms. The first kappa shape index (κ1) is 16.0. The van der Waals surface area contributed by atoms with Crippen molar-refractivity contribution in [3.63, 3.8) is 0 Å². The smallest absolute Gasteiger partial charge is 0.226 e. The molecule has 1 amide bonds. The standard InChI is InChI=1S/C15H26N4O2/c1-4-16-10-12(2)15(20)19-7-5-18(6-8-19)11-14-9-13(3)17-21-14/h9,12,16H,4-8,10-11H2,1-3H3. The predicted octanol–water partition coefficient (Wildman–Crippen LogP) is 0.873. The molecule has 1 unspecified atom stereocenters. The summed E-state index contributed by atoms with van der Waals surface area (Å²) >= 11 is 0. The van der Waals surface area contributed by atoms with Crippen LogP contribution < -0.4 is 5.32 Å². The molecule has 1 N–H and O–H groups in total. The number of rotatable bonds is 6. The van der Waals surface area contributed by atoms with E-state index in [1.807, 2.05) is 24.8 Å². The molecular formula is C15H26N4O2. The highest BCUT2D eigenvalue weighted by molar-refractivity contribution is 5.78. The van der Waals surface area contributed by atoms with Crippen LogP contribution in [0.5, 0.6) is 0 Å². The Hall–Kier alpha value is -1.40. The summed E-state index contributed by atoms with van der Waals surface area (Å²) in [6.45, 7) is 11.8. The average Bonchev–Trinajstić information content (AvgIpc) is 2.90. The molecule has 118 valence electrons. The fraction of sp³-hybridized carbons (Fsp3) is 0.733. The van der Waals surface area contributed by atoms with Crippen LogP contribution in [0.4, 0.5) is 0 Å². The van der Waals surface area contributed by atoms with E-state index < -0.39 is 0 Å². The Balaban J connectivity index is 1.76. The third kappa shape index (κ3) is 4.54. The summed E-state index contributed by atoms with van der Waals surface area (Å²) in [4.78, 5) is 16.6. The van der Waals surface area contributed by atoms with Crippen LogP contribution in [0, 0.1) is 12.8 Å². The summed E-state index contributed by atoms with van der Waals surface area (Å²) in [7, 11) is 0.